The fraction of sp³-hybridized carbons (Fsp3) is 0.500. The van der Waals surface area contributed by atoms with Crippen molar-refractivity contribution in [3.05, 3.63) is 23.8 Å². The fourth-order valence-electron chi connectivity index (χ4n) is 2.21. The summed E-state index contributed by atoms with van der Waals surface area (Å²) < 4.78 is 0. The molecule has 1 atom stereocenters. The number of anilines is 2. The van der Waals surface area contributed by atoms with Crippen LogP contribution in [-0.2, 0) is 0 Å². The number of primary amides is 1. The monoisotopic (exact) mass is 249 g/mol. The SMILES string of the molecule is CC(C)CC(C)N(C)c1c(N)cccc1C(N)=O. The van der Waals surface area contributed by atoms with Crippen molar-refractivity contribution < 1.29 is 4.79 Å². The maximum absolute atomic E-state index is 11.5. The minimum absolute atomic E-state index is 0.299. The number of amides is 1. The number of hydrogen-bond donors (Lipinski definition) is 2. The van der Waals surface area contributed by atoms with Crippen molar-refractivity contribution in [1.82, 2.24) is 0 Å². The number of carbonyl (C=O) groups excluding carboxylic acids is 1. The fourth-order valence-corrected chi connectivity index (χ4v) is 2.21. The molecule has 0 aliphatic rings. The van der Waals surface area contributed by atoms with Crippen molar-refractivity contribution in [3.8, 4) is 0 Å². The van der Waals surface area contributed by atoms with E-state index in [1.54, 1.807) is 18.2 Å². The Morgan fingerprint density at radius 3 is 2.44 bits per heavy atom. The molecule has 1 aromatic rings. The highest BCUT2D eigenvalue weighted by molar-refractivity contribution is 6.01. The minimum Gasteiger partial charge on any atom is -0.397 e. The zero-order valence-corrected chi connectivity index (χ0v) is 11.6. The van der Waals surface area contributed by atoms with Crippen molar-refractivity contribution in [3.63, 3.8) is 0 Å². The molecule has 1 aromatic carbocycles. The zero-order chi connectivity index (χ0) is 13.9. The molecular weight excluding hydrogens is 226 g/mol. The highest BCUT2D eigenvalue weighted by Gasteiger charge is 2.19. The van der Waals surface area contributed by atoms with Crippen LogP contribution in [0.15, 0.2) is 18.2 Å². The van der Waals surface area contributed by atoms with E-state index in [0.29, 0.717) is 23.2 Å². The van der Waals surface area contributed by atoms with Crippen LogP contribution >= 0.6 is 0 Å². The van der Waals surface area contributed by atoms with Crippen molar-refractivity contribution in [1.29, 1.82) is 0 Å². The van der Waals surface area contributed by atoms with Crippen LogP contribution in [0.5, 0.6) is 0 Å². The molecule has 0 aromatic heterocycles. The van der Waals surface area contributed by atoms with Gasteiger partial charge in [0.25, 0.3) is 5.91 Å². The van der Waals surface area contributed by atoms with Gasteiger partial charge in [-0.15, -0.1) is 0 Å². The van der Waals surface area contributed by atoms with Crippen LogP contribution in [-0.4, -0.2) is 19.0 Å². The van der Waals surface area contributed by atoms with Crippen molar-refractivity contribution in [2.75, 3.05) is 17.7 Å². The number of nitrogen functional groups attached to an aromatic ring is 1. The molecule has 0 radical (unpaired) electrons. The van der Waals surface area contributed by atoms with Gasteiger partial charge in [-0.3, -0.25) is 4.79 Å². The predicted octanol–water partition coefficient (Wildman–Crippen LogP) is 2.24. The first-order valence-corrected chi connectivity index (χ1v) is 6.25. The van der Waals surface area contributed by atoms with E-state index in [0.717, 1.165) is 12.1 Å². The maximum atomic E-state index is 11.5. The lowest BCUT2D eigenvalue weighted by Crippen LogP contribution is -2.32. The summed E-state index contributed by atoms with van der Waals surface area (Å²) in [4.78, 5) is 13.5. The molecular formula is C14H23N3O. The molecule has 4 heteroatoms. The molecule has 0 aliphatic heterocycles. The van der Waals surface area contributed by atoms with Gasteiger partial charge >= 0.3 is 0 Å². The number of nitrogens with two attached hydrogens (primary N) is 2. The molecule has 100 valence electrons. The summed E-state index contributed by atoms with van der Waals surface area (Å²) >= 11 is 0. The summed E-state index contributed by atoms with van der Waals surface area (Å²) in [6, 6.07) is 5.56. The normalized spacial score (nSPS) is 12.5. The first-order chi connectivity index (χ1) is 8.34. The number of para-hydroxylation sites is 1. The van der Waals surface area contributed by atoms with E-state index in [1.807, 2.05) is 11.9 Å². The lowest BCUT2D eigenvalue weighted by molar-refractivity contribution is 0.100. The summed E-state index contributed by atoms with van der Waals surface area (Å²) in [7, 11) is 1.95. The average molecular weight is 249 g/mol. The molecule has 0 saturated carbocycles. The van der Waals surface area contributed by atoms with Crippen LogP contribution in [0.3, 0.4) is 0 Å². The summed E-state index contributed by atoms with van der Waals surface area (Å²) in [6.45, 7) is 6.47. The highest BCUT2D eigenvalue weighted by atomic mass is 16.1. The molecule has 0 saturated heterocycles. The first-order valence-electron chi connectivity index (χ1n) is 6.25. The standard InChI is InChI=1S/C14H23N3O/c1-9(2)8-10(3)17(4)13-11(14(16)18)6-5-7-12(13)15/h5-7,9-10H,8,15H2,1-4H3,(H2,16,18). The quantitative estimate of drug-likeness (QED) is 0.786. The Labute approximate surface area is 109 Å². The van der Waals surface area contributed by atoms with Crippen LogP contribution in [0.1, 0.15) is 37.6 Å². The van der Waals surface area contributed by atoms with Gasteiger partial charge in [0.05, 0.1) is 16.9 Å². The molecule has 0 spiro atoms. The number of nitrogens with zero attached hydrogens (tertiary/aromatic N) is 1. The van der Waals surface area contributed by atoms with Gasteiger partial charge in [-0.05, 0) is 31.4 Å². The topological polar surface area (TPSA) is 72.3 Å². The molecule has 4 nitrogen and oxygen atoms in total. The number of hydrogen-bond acceptors (Lipinski definition) is 3. The van der Waals surface area contributed by atoms with E-state index < -0.39 is 5.91 Å². The number of carbonyl (C=O) groups is 1. The molecule has 0 fully saturated rings. The van der Waals surface area contributed by atoms with E-state index in [-0.39, 0.29) is 0 Å². The van der Waals surface area contributed by atoms with Gasteiger partial charge in [-0.2, -0.15) is 0 Å². The van der Waals surface area contributed by atoms with E-state index >= 15 is 0 Å². The average Bonchev–Trinajstić information content (AvgIpc) is 2.26. The molecule has 1 unspecified atom stereocenters. The van der Waals surface area contributed by atoms with Crippen LogP contribution < -0.4 is 16.4 Å². The predicted molar refractivity (Wildman–Crippen MR) is 76.7 cm³/mol. The Bertz CT molecular complexity index is 429. The smallest absolute Gasteiger partial charge is 0.250 e. The Kier molecular flexibility index (Phi) is 4.59. The van der Waals surface area contributed by atoms with Gasteiger partial charge in [0, 0.05) is 13.1 Å². The van der Waals surface area contributed by atoms with E-state index in [4.69, 9.17) is 11.5 Å². The second kappa shape index (κ2) is 5.76. The third-order valence-electron chi connectivity index (χ3n) is 3.16. The number of benzene rings is 1. The van der Waals surface area contributed by atoms with Gasteiger partial charge in [0.2, 0.25) is 0 Å². The van der Waals surface area contributed by atoms with Crippen LogP contribution in [0.4, 0.5) is 11.4 Å². The van der Waals surface area contributed by atoms with Crippen LogP contribution in [0, 0.1) is 5.92 Å². The van der Waals surface area contributed by atoms with Crippen molar-refractivity contribution >= 4 is 17.3 Å². The summed E-state index contributed by atoms with van der Waals surface area (Å²) in [5.74, 6) is 0.144. The van der Waals surface area contributed by atoms with Gasteiger partial charge in [0.1, 0.15) is 0 Å². The third kappa shape index (κ3) is 3.15. The zero-order valence-electron chi connectivity index (χ0n) is 11.6. The molecule has 0 bridgehead atoms. The maximum Gasteiger partial charge on any atom is 0.250 e. The lowest BCUT2D eigenvalue weighted by Gasteiger charge is -2.30. The van der Waals surface area contributed by atoms with Crippen molar-refractivity contribution in [2.24, 2.45) is 11.7 Å². The Morgan fingerprint density at radius 2 is 1.94 bits per heavy atom. The molecule has 4 N–H and O–H groups in total. The first kappa shape index (κ1) is 14.4. The summed E-state index contributed by atoms with van der Waals surface area (Å²) in [5.41, 5.74) is 13.2. The summed E-state index contributed by atoms with van der Waals surface area (Å²) in [5, 5.41) is 0. The summed E-state index contributed by atoms with van der Waals surface area (Å²) in [6.07, 6.45) is 1.03. The Morgan fingerprint density at radius 1 is 1.33 bits per heavy atom. The van der Waals surface area contributed by atoms with Gasteiger partial charge in [-0.25, -0.2) is 0 Å². The molecule has 1 amide bonds. The van der Waals surface area contributed by atoms with E-state index in [9.17, 15) is 4.79 Å². The van der Waals surface area contributed by atoms with Gasteiger partial charge in [0.15, 0.2) is 0 Å². The minimum atomic E-state index is -0.444. The molecule has 0 aliphatic carbocycles. The molecule has 0 heterocycles. The largest absolute Gasteiger partial charge is 0.397 e. The Hall–Kier alpha value is -1.71. The van der Waals surface area contributed by atoms with Crippen LogP contribution in [0.25, 0.3) is 0 Å². The molecule has 18 heavy (non-hydrogen) atoms. The van der Waals surface area contributed by atoms with E-state index in [1.165, 1.54) is 0 Å². The third-order valence-corrected chi connectivity index (χ3v) is 3.16. The second-order valence-corrected chi connectivity index (χ2v) is 5.20. The molecule has 1 rings (SSSR count). The lowest BCUT2D eigenvalue weighted by atomic mass is 10.0. The van der Waals surface area contributed by atoms with Gasteiger partial charge < -0.3 is 16.4 Å². The Balaban J connectivity index is 3.11. The van der Waals surface area contributed by atoms with Crippen LogP contribution in [0.2, 0.25) is 0 Å². The van der Waals surface area contributed by atoms with E-state index in [2.05, 4.69) is 20.8 Å². The van der Waals surface area contributed by atoms with Gasteiger partial charge in [-0.1, -0.05) is 19.9 Å². The second-order valence-electron chi connectivity index (χ2n) is 5.20. The number of rotatable bonds is 5. The van der Waals surface area contributed by atoms with Crippen molar-refractivity contribution in [2.45, 2.75) is 33.2 Å². The highest BCUT2D eigenvalue weighted by Crippen LogP contribution is 2.29.